The molecule has 1 saturated heterocycles. The molecule has 2 rings (SSSR count). The van der Waals surface area contributed by atoms with E-state index in [4.69, 9.17) is 10.6 Å². The minimum Gasteiger partial charge on any atom is -0.380 e. The van der Waals surface area contributed by atoms with Crippen LogP contribution < -0.4 is 16.2 Å². The molecule has 1 aliphatic rings. The summed E-state index contributed by atoms with van der Waals surface area (Å²) in [6, 6.07) is 0. The highest BCUT2D eigenvalue weighted by Crippen LogP contribution is 2.32. The summed E-state index contributed by atoms with van der Waals surface area (Å²) in [4.78, 5) is 20.3. The number of hydrogen-bond acceptors (Lipinski definition) is 8. The Morgan fingerprint density at radius 3 is 3.05 bits per heavy atom. The van der Waals surface area contributed by atoms with Crippen molar-refractivity contribution in [1.29, 1.82) is 0 Å². The van der Waals surface area contributed by atoms with Crippen LogP contribution in [0.1, 0.15) is 12.8 Å². The molecule has 0 radical (unpaired) electrons. The van der Waals surface area contributed by atoms with Crippen molar-refractivity contribution in [2.75, 3.05) is 30.5 Å². The van der Waals surface area contributed by atoms with Gasteiger partial charge in [-0.1, -0.05) is 0 Å². The molecule has 9 heteroatoms. The summed E-state index contributed by atoms with van der Waals surface area (Å²) in [6.07, 6.45) is 3.14. The third-order valence-corrected chi connectivity index (χ3v) is 3.13. The Bertz CT molecular complexity index is 469. The Balaban J connectivity index is 2.35. The minimum absolute atomic E-state index is 0.00883. The van der Waals surface area contributed by atoms with Gasteiger partial charge in [0.05, 0.1) is 11.0 Å². The first-order chi connectivity index (χ1) is 9.17. The maximum Gasteiger partial charge on any atom is 0.354 e. The van der Waals surface area contributed by atoms with Crippen LogP contribution in [0.2, 0.25) is 0 Å². The highest BCUT2D eigenvalue weighted by molar-refractivity contribution is 5.70. The van der Waals surface area contributed by atoms with Crippen LogP contribution in [0.15, 0.2) is 6.33 Å². The number of ether oxygens (including phenoxy) is 1. The number of hydrazine groups is 1. The number of nitrogens with zero attached hydrogens (tertiary/aromatic N) is 4. The lowest BCUT2D eigenvalue weighted by atomic mass is 10.1. The molecule has 0 aromatic carbocycles. The first-order valence-electron chi connectivity index (χ1n) is 5.91. The van der Waals surface area contributed by atoms with E-state index in [2.05, 4.69) is 15.4 Å². The zero-order chi connectivity index (χ0) is 13.8. The van der Waals surface area contributed by atoms with Gasteiger partial charge in [0.1, 0.15) is 6.33 Å². The van der Waals surface area contributed by atoms with Crippen LogP contribution in [0.5, 0.6) is 0 Å². The number of piperidine rings is 1. The molecule has 1 unspecified atom stereocenters. The molecular formula is C10H16N6O3. The van der Waals surface area contributed by atoms with Gasteiger partial charge in [-0.25, -0.2) is 15.8 Å². The number of nitrogens with one attached hydrogen (secondary N) is 1. The monoisotopic (exact) mass is 268 g/mol. The summed E-state index contributed by atoms with van der Waals surface area (Å²) in [7, 11) is 1.63. The van der Waals surface area contributed by atoms with Crippen LogP contribution in [0.3, 0.4) is 0 Å². The van der Waals surface area contributed by atoms with Crippen LogP contribution in [0.25, 0.3) is 0 Å². The van der Waals surface area contributed by atoms with Gasteiger partial charge in [-0.15, -0.1) is 0 Å². The van der Waals surface area contributed by atoms with Crippen LogP contribution in [-0.4, -0.2) is 41.2 Å². The average Bonchev–Trinajstić information content (AvgIpc) is 2.46. The number of rotatable bonds is 4. The van der Waals surface area contributed by atoms with Gasteiger partial charge in [0, 0.05) is 20.2 Å². The van der Waals surface area contributed by atoms with Gasteiger partial charge in [0.15, 0.2) is 0 Å². The number of anilines is 2. The van der Waals surface area contributed by atoms with E-state index in [1.54, 1.807) is 7.11 Å². The number of nitro groups is 1. The van der Waals surface area contributed by atoms with Crippen molar-refractivity contribution in [1.82, 2.24) is 9.97 Å². The van der Waals surface area contributed by atoms with Gasteiger partial charge in [-0.3, -0.25) is 10.1 Å². The summed E-state index contributed by atoms with van der Waals surface area (Å²) in [6.45, 7) is 1.26. The van der Waals surface area contributed by atoms with Crippen LogP contribution >= 0.6 is 0 Å². The Kier molecular flexibility index (Phi) is 4.07. The zero-order valence-corrected chi connectivity index (χ0v) is 10.6. The van der Waals surface area contributed by atoms with Crippen molar-refractivity contribution in [3.05, 3.63) is 16.4 Å². The highest BCUT2D eigenvalue weighted by atomic mass is 16.6. The molecular weight excluding hydrogens is 252 g/mol. The van der Waals surface area contributed by atoms with E-state index >= 15 is 0 Å². The van der Waals surface area contributed by atoms with E-state index in [1.165, 1.54) is 6.33 Å². The van der Waals surface area contributed by atoms with Gasteiger partial charge in [-0.05, 0) is 12.8 Å². The smallest absolute Gasteiger partial charge is 0.354 e. The molecule has 1 fully saturated rings. The molecule has 0 bridgehead atoms. The van der Waals surface area contributed by atoms with Crippen molar-refractivity contribution < 1.29 is 9.66 Å². The van der Waals surface area contributed by atoms with Gasteiger partial charge in [0.2, 0.25) is 11.6 Å². The van der Waals surface area contributed by atoms with Gasteiger partial charge < -0.3 is 15.1 Å². The van der Waals surface area contributed by atoms with Crippen molar-refractivity contribution in [3.8, 4) is 0 Å². The number of methoxy groups -OCH3 is 1. The van der Waals surface area contributed by atoms with E-state index in [0.29, 0.717) is 13.1 Å². The number of nitrogen functional groups attached to an aromatic ring is 1. The third kappa shape index (κ3) is 2.71. The van der Waals surface area contributed by atoms with Crippen LogP contribution in [0, 0.1) is 10.1 Å². The Morgan fingerprint density at radius 1 is 1.63 bits per heavy atom. The molecule has 9 nitrogen and oxygen atoms in total. The molecule has 0 spiro atoms. The molecule has 0 saturated carbocycles. The quantitative estimate of drug-likeness (QED) is 0.454. The fourth-order valence-corrected chi connectivity index (χ4v) is 2.20. The second-order valence-electron chi connectivity index (χ2n) is 4.24. The van der Waals surface area contributed by atoms with E-state index in [-0.39, 0.29) is 23.4 Å². The van der Waals surface area contributed by atoms with Crippen molar-refractivity contribution in [2.45, 2.75) is 18.9 Å². The standard InChI is InChI=1S/C10H16N6O3/c1-19-7-3-2-4-15(5-7)10-8(16(17)18)9(14-11)12-6-13-10/h6-7H,2-5,11H2,1H3,(H,12,13,14). The van der Waals surface area contributed by atoms with Gasteiger partial charge in [-0.2, -0.15) is 0 Å². The van der Waals surface area contributed by atoms with Crippen LogP contribution in [0.4, 0.5) is 17.3 Å². The summed E-state index contributed by atoms with van der Waals surface area (Å²) in [5.74, 6) is 5.53. The van der Waals surface area contributed by atoms with E-state index in [9.17, 15) is 10.1 Å². The van der Waals surface area contributed by atoms with Crippen LogP contribution in [-0.2, 0) is 4.74 Å². The first kappa shape index (κ1) is 13.4. The molecule has 104 valence electrons. The maximum atomic E-state index is 11.2. The SMILES string of the molecule is COC1CCCN(c2ncnc(NN)c2[N+](=O)[O-])C1. The van der Waals surface area contributed by atoms with Crippen molar-refractivity contribution >= 4 is 17.3 Å². The lowest BCUT2D eigenvalue weighted by Gasteiger charge is -2.32. The second-order valence-corrected chi connectivity index (χ2v) is 4.24. The number of aromatic nitrogens is 2. The van der Waals surface area contributed by atoms with Crippen molar-refractivity contribution in [2.24, 2.45) is 5.84 Å². The van der Waals surface area contributed by atoms with Gasteiger partial charge in [0.25, 0.3) is 0 Å². The lowest BCUT2D eigenvalue weighted by molar-refractivity contribution is -0.383. The number of nitrogens with two attached hydrogens (primary N) is 1. The summed E-state index contributed by atoms with van der Waals surface area (Å²) in [5, 5.41) is 11.2. The summed E-state index contributed by atoms with van der Waals surface area (Å²) in [5.41, 5.74) is 2.02. The van der Waals surface area contributed by atoms with Gasteiger partial charge >= 0.3 is 5.69 Å². The molecule has 1 aromatic rings. The predicted molar refractivity (Wildman–Crippen MR) is 68.7 cm³/mol. The highest BCUT2D eigenvalue weighted by Gasteiger charge is 2.29. The minimum atomic E-state index is -0.527. The zero-order valence-electron chi connectivity index (χ0n) is 10.6. The number of hydrogen-bond donors (Lipinski definition) is 2. The fourth-order valence-electron chi connectivity index (χ4n) is 2.20. The normalized spacial score (nSPS) is 19.3. The molecule has 0 aliphatic carbocycles. The fraction of sp³-hybridized carbons (Fsp3) is 0.600. The maximum absolute atomic E-state index is 11.2. The summed E-state index contributed by atoms with van der Waals surface area (Å²) < 4.78 is 5.30. The van der Waals surface area contributed by atoms with E-state index in [0.717, 1.165) is 12.8 Å². The molecule has 0 amide bonds. The molecule has 1 atom stereocenters. The predicted octanol–water partition coefficient (Wildman–Crippen LogP) is 0.286. The second kappa shape index (κ2) is 5.76. The molecule has 2 heterocycles. The Morgan fingerprint density at radius 2 is 2.42 bits per heavy atom. The third-order valence-electron chi connectivity index (χ3n) is 3.13. The Labute approximate surface area is 109 Å². The molecule has 1 aromatic heterocycles. The molecule has 19 heavy (non-hydrogen) atoms. The summed E-state index contributed by atoms with van der Waals surface area (Å²) >= 11 is 0. The average molecular weight is 268 g/mol. The van der Waals surface area contributed by atoms with Crippen molar-refractivity contribution in [3.63, 3.8) is 0 Å². The first-order valence-corrected chi connectivity index (χ1v) is 5.91. The van der Waals surface area contributed by atoms with E-state index < -0.39 is 4.92 Å². The van der Waals surface area contributed by atoms with E-state index in [1.807, 2.05) is 4.90 Å². The largest absolute Gasteiger partial charge is 0.380 e. The molecule has 1 aliphatic heterocycles. The lowest BCUT2D eigenvalue weighted by Crippen LogP contribution is -2.40. The molecule has 3 N–H and O–H groups in total. The Hall–Kier alpha value is -2.00. The topological polar surface area (TPSA) is 119 Å².